The zero-order chi connectivity index (χ0) is 22.7. The Kier molecular flexibility index (Phi) is 10.3. The zero-order valence-corrected chi connectivity index (χ0v) is 19.5. The van der Waals surface area contributed by atoms with Gasteiger partial charge in [-0.25, -0.2) is 0 Å². The third kappa shape index (κ3) is 8.42. The molecule has 0 N–H and O–H groups in total. The second kappa shape index (κ2) is 12.2. The Morgan fingerprint density at radius 3 is 2.20 bits per heavy atom. The number of benzene rings is 1. The number of amides is 1. The molecule has 0 saturated carbocycles. The number of carbonyl (C=O) groups is 1. The highest BCUT2D eigenvalue weighted by Crippen LogP contribution is 2.19. The van der Waals surface area contributed by atoms with Crippen molar-refractivity contribution >= 4 is 17.7 Å². The summed E-state index contributed by atoms with van der Waals surface area (Å²) in [5.74, 6) is -0.360. The van der Waals surface area contributed by atoms with Crippen LogP contribution in [-0.2, 0) is 9.53 Å². The molecule has 164 valence electrons. The number of hydrogen-bond acceptors (Lipinski definition) is 4. The lowest BCUT2D eigenvalue weighted by Gasteiger charge is -2.24. The van der Waals surface area contributed by atoms with Gasteiger partial charge >= 0.3 is 0 Å². The number of hydrogen-bond donors (Lipinski definition) is 0. The van der Waals surface area contributed by atoms with Gasteiger partial charge < -0.3 is 14.5 Å². The van der Waals surface area contributed by atoms with Crippen LogP contribution in [0.4, 0.5) is 5.69 Å². The predicted molar refractivity (Wildman–Crippen MR) is 125 cm³/mol. The van der Waals surface area contributed by atoms with E-state index in [1.807, 2.05) is 51.1 Å². The number of rotatable bonds is 11. The van der Waals surface area contributed by atoms with Crippen LogP contribution in [0.3, 0.4) is 0 Å². The van der Waals surface area contributed by atoms with E-state index in [4.69, 9.17) is 4.74 Å². The summed E-state index contributed by atoms with van der Waals surface area (Å²) in [6.45, 7) is 16.7. The highest BCUT2D eigenvalue weighted by atomic mass is 16.5. The molecular weight excluding hydrogens is 374 g/mol. The maximum Gasteiger partial charge on any atom is 0.268 e. The van der Waals surface area contributed by atoms with Gasteiger partial charge in [-0.3, -0.25) is 4.79 Å². The molecule has 1 amide bonds. The van der Waals surface area contributed by atoms with Crippen molar-refractivity contribution in [3.63, 3.8) is 0 Å². The number of likely N-dealkylation sites (N-methyl/N-ethyl adjacent to an activating group) is 1. The van der Waals surface area contributed by atoms with Crippen molar-refractivity contribution in [3.05, 3.63) is 47.7 Å². The van der Waals surface area contributed by atoms with Crippen LogP contribution in [0.1, 0.15) is 59.4 Å². The molecule has 0 atom stereocenters. The predicted octanol–water partition coefficient (Wildman–Crippen LogP) is 5.40. The number of nitrogens with zero attached hydrogens (tertiary/aromatic N) is 3. The molecule has 5 nitrogen and oxygen atoms in total. The minimum Gasteiger partial charge on any atom is -0.375 e. The second-order valence-corrected chi connectivity index (χ2v) is 8.39. The normalized spacial score (nSPS) is 11.7. The van der Waals surface area contributed by atoms with Crippen LogP contribution in [0.25, 0.3) is 6.08 Å². The number of anilines is 1. The van der Waals surface area contributed by atoms with Crippen LogP contribution in [0, 0.1) is 11.3 Å². The molecule has 0 radical (unpaired) electrons. The summed E-state index contributed by atoms with van der Waals surface area (Å²) in [7, 11) is 1.64. The van der Waals surface area contributed by atoms with Gasteiger partial charge in [0.25, 0.3) is 5.91 Å². The van der Waals surface area contributed by atoms with Crippen molar-refractivity contribution in [2.75, 3.05) is 31.6 Å². The summed E-state index contributed by atoms with van der Waals surface area (Å²) in [4.78, 5) is 16.5. The van der Waals surface area contributed by atoms with Gasteiger partial charge in [-0.2, -0.15) is 5.26 Å². The van der Waals surface area contributed by atoms with Gasteiger partial charge in [0.15, 0.2) is 0 Å². The van der Waals surface area contributed by atoms with Gasteiger partial charge in [0.1, 0.15) is 11.6 Å². The Bertz CT molecular complexity index is 761. The molecule has 5 heteroatoms. The summed E-state index contributed by atoms with van der Waals surface area (Å²) in [6.07, 6.45) is 4.33. The molecule has 0 saturated heterocycles. The van der Waals surface area contributed by atoms with Crippen LogP contribution in [0.15, 0.2) is 42.1 Å². The summed E-state index contributed by atoms with van der Waals surface area (Å²) in [5, 5.41) is 9.53. The van der Waals surface area contributed by atoms with E-state index in [1.165, 1.54) is 4.90 Å². The van der Waals surface area contributed by atoms with Crippen molar-refractivity contribution in [2.24, 2.45) is 0 Å². The maximum atomic E-state index is 12.8. The van der Waals surface area contributed by atoms with Crippen molar-refractivity contribution in [1.82, 2.24) is 4.90 Å². The Morgan fingerprint density at radius 1 is 1.17 bits per heavy atom. The molecule has 0 aliphatic rings. The highest BCUT2D eigenvalue weighted by Gasteiger charge is 2.18. The van der Waals surface area contributed by atoms with E-state index in [1.54, 1.807) is 13.1 Å². The fourth-order valence-corrected chi connectivity index (χ4v) is 2.97. The molecule has 0 fully saturated rings. The minimum absolute atomic E-state index is 0.0853. The molecule has 0 unspecified atom stereocenters. The van der Waals surface area contributed by atoms with Crippen LogP contribution in [0.2, 0.25) is 0 Å². The Hall–Kier alpha value is -2.58. The van der Waals surface area contributed by atoms with Crippen LogP contribution >= 0.6 is 0 Å². The van der Waals surface area contributed by atoms with E-state index >= 15 is 0 Å². The van der Waals surface area contributed by atoms with Gasteiger partial charge in [-0.1, -0.05) is 32.6 Å². The van der Waals surface area contributed by atoms with E-state index in [0.29, 0.717) is 18.7 Å². The number of nitriles is 1. The van der Waals surface area contributed by atoms with Crippen LogP contribution in [0.5, 0.6) is 0 Å². The molecule has 1 aromatic rings. The fourth-order valence-electron chi connectivity index (χ4n) is 2.97. The quantitative estimate of drug-likeness (QED) is 0.361. The largest absolute Gasteiger partial charge is 0.375 e. The lowest BCUT2D eigenvalue weighted by Crippen LogP contribution is -2.28. The first-order valence-electron chi connectivity index (χ1n) is 10.7. The molecule has 1 rings (SSSR count). The second-order valence-electron chi connectivity index (χ2n) is 8.39. The van der Waals surface area contributed by atoms with E-state index in [0.717, 1.165) is 37.2 Å². The third-order valence-electron chi connectivity index (χ3n) is 4.61. The van der Waals surface area contributed by atoms with E-state index in [2.05, 4.69) is 25.3 Å². The molecule has 1 aromatic carbocycles. The monoisotopic (exact) mass is 411 g/mol. The number of carbonyl (C=O) groups excluding carboxylic acids is 1. The topological polar surface area (TPSA) is 56.6 Å². The number of ether oxygens (including phenoxy) is 1. The molecule has 0 spiro atoms. The van der Waals surface area contributed by atoms with Crippen molar-refractivity contribution in [3.8, 4) is 6.07 Å². The summed E-state index contributed by atoms with van der Waals surface area (Å²) < 4.78 is 5.70. The SMILES string of the molecule is C=C(CCOC(C)(C)C)N(C)C(=O)C(C#N)=Cc1ccc(N(CCC)CCC)cc1. The first-order valence-corrected chi connectivity index (χ1v) is 10.7. The fraction of sp³-hybridized carbons (Fsp3) is 0.520. The first-order chi connectivity index (χ1) is 14.1. The first kappa shape index (κ1) is 25.5. The highest BCUT2D eigenvalue weighted by molar-refractivity contribution is 6.02. The van der Waals surface area contributed by atoms with E-state index in [-0.39, 0.29) is 17.1 Å². The molecular formula is C25H37N3O2. The van der Waals surface area contributed by atoms with Gasteiger partial charge in [-0.15, -0.1) is 0 Å². The van der Waals surface area contributed by atoms with Gasteiger partial charge in [0, 0.05) is 37.9 Å². The molecule has 30 heavy (non-hydrogen) atoms. The van der Waals surface area contributed by atoms with Gasteiger partial charge in [0.05, 0.1) is 12.2 Å². The smallest absolute Gasteiger partial charge is 0.268 e. The molecule has 0 bridgehead atoms. The van der Waals surface area contributed by atoms with Crippen LogP contribution in [-0.4, -0.2) is 43.2 Å². The summed E-state index contributed by atoms with van der Waals surface area (Å²) >= 11 is 0. The lowest BCUT2D eigenvalue weighted by atomic mass is 10.1. The van der Waals surface area contributed by atoms with Crippen molar-refractivity contribution in [1.29, 1.82) is 5.26 Å². The van der Waals surface area contributed by atoms with E-state index < -0.39 is 0 Å². The Balaban J connectivity index is 2.86. The van der Waals surface area contributed by atoms with Gasteiger partial charge in [-0.05, 0) is 57.4 Å². The van der Waals surface area contributed by atoms with Crippen molar-refractivity contribution in [2.45, 2.75) is 59.5 Å². The average Bonchev–Trinajstić information content (AvgIpc) is 2.70. The zero-order valence-electron chi connectivity index (χ0n) is 19.5. The molecule has 0 heterocycles. The molecule has 0 aliphatic heterocycles. The van der Waals surface area contributed by atoms with E-state index in [9.17, 15) is 10.1 Å². The molecule has 0 aliphatic carbocycles. The Morgan fingerprint density at radius 2 is 1.73 bits per heavy atom. The maximum absolute atomic E-state index is 12.8. The third-order valence-corrected chi connectivity index (χ3v) is 4.61. The summed E-state index contributed by atoms with van der Waals surface area (Å²) in [5.41, 5.74) is 2.45. The summed E-state index contributed by atoms with van der Waals surface area (Å²) in [6, 6.07) is 10.0. The lowest BCUT2D eigenvalue weighted by molar-refractivity contribution is -0.123. The molecule has 0 aromatic heterocycles. The van der Waals surface area contributed by atoms with Crippen molar-refractivity contribution < 1.29 is 9.53 Å². The van der Waals surface area contributed by atoms with Crippen LogP contribution < -0.4 is 4.90 Å². The minimum atomic E-state index is -0.360. The average molecular weight is 412 g/mol. The van der Waals surface area contributed by atoms with Gasteiger partial charge in [0.2, 0.25) is 0 Å². The standard InChI is InChI=1S/C25H37N3O2/c1-8-15-28(16-9-2)23-12-10-21(11-13-23)18-22(19-26)24(29)27(7)20(3)14-17-30-25(4,5)6/h10-13,18H,3,8-9,14-17H2,1-2,4-7H3. The Labute approximate surface area is 182 Å².